The van der Waals surface area contributed by atoms with Crippen molar-refractivity contribution in [3.05, 3.63) is 29.5 Å². The van der Waals surface area contributed by atoms with Gasteiger partial charge in [-0.15, -0.1) is 0 Å². The van der Waals surface area contributed by atoms with Crippen molar-refractivity contribution in [3.8, 4) is 11.5 Å². The zero-order chi connectivity index (χ0) is 21.7. The minimum atomic E-state index is 0.222. The summed E-state index contributed by atoms with van der Waals surface area (Å²) in [5, 5.41) is 11.3. The molecule has 2 heterocycles. The van der Waals surface area contributed by atoms with Crippen LogP contribution in [0, 0.1) is 0 Å². The van der Waals surface area contributed by atoms with Crippen LogP contribution in [-0.2, 0) is 13.1 Å². The predicted molar refractivity (Wildman–Crippen MR) is 119 cm³/mol. The van der Waals surface area contributed by atoms with Crippen molar-refractivity contribution in [1.82, 2.24) is 25.1 Å². The van der Waals surface area contributed by atoms with Crippen molar-refractivity contribution in [2.75, 3.05) is 32.3 Å². The lowest BCUT2D eigenvalue weighted by Crippen LogP contribution is -2.16. The number of fused-ring (bicyclic) bond motifs is 1. The van der Waals surface area contributed by atoms with E-state index in [-0.39, 0.29) is 12.0 Å². The number of benzene rings is 1. The predicted octanol–water partition coefficient (Wildman–Crippen LogP) is 2.79. The smallest absolute Gasteiger partial charge is 0.222 e. The molecule has 30 heavy (non-hydrogen) atoms. The summed E-state index contributed by atoms with van der Waals surface area (Å²) >= 11 is 0. The molecule has 0 saturated carbocycles. The van der Waals surface area contributed by atoms with E-state index in [0.717, 1.165) is 42.0 Å². The van der Waals surface area contributed by atoms with Crippen LogP contribution in [0.4, 0.5) is 11.8 Å². The first kappa shape index (κ1) is 21.6. The molecular weight excluding hydrogens is 382 g/mol. The molecule has 9 heteroatoms. The second kappa shape index (κ2) is 9.62. The Morgan fingerprint density at radius 1 is 1.17 bits per heavy atom. The monoisotopic (exact) mass is 413 g/mol. The fourth-order valence-corrected chi connectivity index (χ4v) is 3.56. The molecule has 2 aromatic heterocycles. The van der Waals surface area contributed by atoms with Crippen LogP contribution in [0.25, 0.3) is 11.0 Å². The highest BCUT2D eigenvalue weighted by Crippen LogP contribution is 2.32. The molecule has 0 aliphatic heterocycles. The summed E-state index contributed by atoms with van der Waals surface area (Å²) in [5.41, 5.74) is 9.30. The lowest BCUT2D eigenvalue weighted by molar-refractivity contribution is 0.381. The number of hydrogen-bond acceptors (Lipinski definition) is 8. The number of nitrogens with two attached hydrogens (primary N) is 1. The summed E-state index contributed by atoms with van der Waals surface area (Å²) in [6.45, 7) is 5.46. The van der Waals surface area contributed by atoms with Gasteiger partial charge in [0.05, 0.1) is 32.5 Å². The summed E-state index contributed by atoms with van der Waals surface area (Å²) in [6, 6.07) is 4.28. The van der Waals surface area contributed by atoms with Crippen LogP contribution in [0.15, 0.2) is 18.3 Å². The Kier molecular flexibility index (Phi) is 6.94. The van der Waals surface area contributed by atoms with Crippen molar-refractivity contribution >= 4 is 22.8 Å². The number of rotatable bonds is 10. The first-order chi connectivity index (χ1) is 14.5. The SMILES string of the molecule is CCC[C@@H](C)Nc1nc(N)nc2cn(Cc3c(OC)cc(CNC)cc3OC)nc12. The van der Waals surface area contributed by atoms with Crippen molar-refractivity contribution in [2.45, 2.75) is 45.8 Å². The van der Waals surface area contributed by atoms with Crippen LogP contribution < -0.4 is 25.8 Å². The number of methoxy groups -OCH3 is 2. The van der Waals surface area contributed by atoms with Crippen LogP contribution in [0.3, 0.4) is 0 Å². The van der Waals surface area contributed by atoms with Crippen LogP contribution >= 0.6 is 0 Å². The number of nitrogen functional groups attached to an aromatic ring is 1. The fraction of sp³-hybridized carbons (Fsp3) is 0.476. The van der Waals surface area contributed by atoms with E-state index in [2.05, 4.69) is 34.4 Å². The van der Waals surface area contributed by atoms with Crippen molar-refractivity contribution < 1.29 is 9.47 Å². The van der Waals surface area contributed by atoms with Gasteiger partial charge in [-0.25, -0.2) is 4.98 Å². The molecule has 0 unspecified atom stereocenters. The third-order valence-electron chi connectivity index (χ3n) is 4.90. The number of ether oxygens (including phenoxy) is 2. The van der Waals surface area contributed by atoms with E-state index in [4.69, 9.17) is 20.3 Å². The van der Waals surface area contributed by atoms with Crippen LogP contribution in [-0.4, -0.2) is 47.1 Å². The Hall–Kier alpha value is -3.07. The highest BCUT2D eigenvalue weighted by atomic mass is 16.5. The number of hydrogen-bond donors (Lipinski definition) is 3. The highest BCUT2D eigenvalue weighted by molar-refractivity contribution is 5.85. The Balaban J connectivity index is 1.98. The van der Waals surface area contributed by atoms with E-state index in [1.165, 1.54) is 0 Å². The number of aromatic nitrogens is 4. The summed E-state index contributed by atoms with van der Waals surface area (Å²) in [7, 11) is 5.22. The summed E-state index contributed by atoms with van der Waals surface area (Å²) in [6.07, 6.45) is 3.97. The van der Waals surface area contributed by atoms with Gasteiger partial charge in [0.15, 0.2) is 11.3 Å². The number of nitrogens with one attached hydrogen (secondary N) is 2. The Labute approximate surface area is 177 Å². The zero-order valence-electron chi connectivity index (χ0n) is 18.3. The van der Waals surface area contributed by atoms with Gasteiger partial charge in [-0.05, 0) is 38.1 Å². The van der Waals surface area contributed by atoms with E-state index >= 15 is 0 Å². The van der Waals surface area contributed by atoms with E-state index in [1.807, 2.05) is 30.1 Å². The van der Waals surface area contributed by atoms with Gasteiger partial charge < -0.3 is 25.8 Å². The largest absolute Gasteiger partial charge is 0.496 e. The highest BCUT2D eigenvalue weighted by Gasteiger charge is 2.17. The third kappa shape index (κ3) is 4.73. The van der Waals surface area contributed by atoms with Gasteiger partial charge in [-0.2, -0.15) is 10.1 Å². The molecule has 0 amide bonds. The van der Waals surface area contributed by atoms with Gasteiger partial charge in [0, 0.05) is 12.6 Å². The molecule has 0 fully saturated rings. The van der Waals surface area contributed by atoms with Crippen LogP contribution in [0.1, 0.15) is 37.8 Å². The average molecular weight is 414 g/mol. The van der Waals surface area contributed by atoms with Gasteiger partial charge in [0.1, 0.15) is 17.0 Å². The summed E-state index contributed by atoms with van der Waals surface area (Å²) in [4.78, 5) is 8.71. The summed E-state index contributed by atoms with van der Waals surface area (Å²) in [5.74, 6) is 2.37. The van der Waals surface area contributed by atoms with Gasteiger partial charge in [-0.1, -0.05) is 13.3 Å². The second-order valence-electron chi connectivity index (χ2n) is 7.33. The Morgan fingerprint density at radius 3 is 2.47 bits per heavy atom. The lowest BCUT2D eigenvalue weighted by Gasteiger charge is -2.15. The van der Waals surface area contributed by atoms with E-state index in [9.17, 15) is 0 Å². The Morgan fingerprint density at radius 2 is 1.87 bits per heavy atom. The van der Waals surface area contributed by atoms with Crippen molar-refractivity contribution in [2.24, 2.45) is 0 Å². The molecule has 0 aliphatic rings. The number of anilines is 2. The molecule has 0 radical (unpaired) electrons. The van der Waals surface area contributed by atoms with Crippen molar-refractivity contribution in [3.63, 3.8) is 0 Å². The van der Waals surface area contributed by atoms with Crippen LogP contribution in [0.2, 0.25) is 0 Å². The lowest BCUT2D eigenvalue weighted by atomic mass is 10.1. The molecule has 0 saturated heterocycles. The molecule has 3 rings (SSSR count). The quantitative estimate of drug-likeness (QED) is 0.465. The maximum Gasteiger partial charge on any atom is 0.222 e. The first-order valence-electron chi connectivity index (χ1n) is 10.1. The van der Waals surface area contributed by atoms with E-state index in [1.54, 1.807) is 14.2 Å². The minimum absolute atomic E-state index is 0.222. The fourth-order valence-electron chi connectivity index (χ4n) is 3.56. The summed E-state index contributed by atoms with van der Waals surface area (Å²) < 4.78 is 13.1. The molecule has 1 atom stereocenters. The molecule has 0 bridgehead atoms. The maximum atomic E-state index is 5.93. The standard InChI is InChI=1S/C21H31N7O2/c1-6-7-13(2)24-20-19-16(25-21(22)26-20)12-28(27-19)11-15-17(29-4)8-14(10-23-3)9-18(15)30-5/h8-9,12-13,23H,6-7,10-11H2,1-5H3,(H3,22,24,25,26)/t13-/m1/s1. The van der Waals surface area contributed by atoms with Gasteiger partial charge in [0.2, 0.25) is 5.95 Å². The average Bonchev–Trinajstić information content (AvgIpc) is 3.11. The minimum Gasteiger partial charge on any atom is -0.496 e. The van der Waals surface area contributed by atoms with E-state index in [0.29, 0.717) is 23.4 Å². The molecule has 0 spiro atoms. The molecule has 162 valence electrons. The topological polar surface area (TPSA) is 112 Å². The normalized spacial score (nSPS) is 12.2. The molecule has 3 aromatic rings. The first-order valence-corrected chi connectivity index (χ1v) is 10.1. The Bertz CT molecular complexity index is 977. The molecule has 1 aromatic carbocycles. The number of nitrogens with zero attached hydrogens (tertiary/aromatic N) is 4. The zero-order valence-corrected chi connectivity index (χ0v) is 18.3. The van der Waals surface area contributed by atoms with Gasteiger partial charge >= 0.3 is 0 Å². The second-order valence-corrected chi connectivity index (χ2v) is 7.33. The van der Waals surface area contributed by atoms with E-state index < -0.39 is 0 Å². The van der Waals surface area contributed by atoms with Crippen molar-refractivity contribution in [1.29, 1.82) is 0 Å². The third-order valence-corrected chi connectivity index (χ3v) is 4.90. The van der Waals surface area contributed by atoms with Gasteiger partial charge in [0.25, 0.3) is 0 Å². The maximum absolute atomic E-state index is 5.93. The molecule has 0 aliphatic carbocycles. The molecule has 9 nitrogen and oxygen atoms in total. The van der Waals surface area contributed by atoms with Crippen LogP contribution in [0.5, 0.6) is 11.5 Å². The molecular formula is C21H31N7O2. The molecule has 4 N–H and O–H groups in total. The van der Waals surface area contributed by atoms with Gasteiger partial charge in [-0.3, -0.25) is 4.68 Å².